The van der Waals surface area contributed by atoms with Crippen LogP contribution < -0.4 is 10.6 Å². The van der Waals surface area contributed by atoms with Crippen molar-refractivity contribution in [3.63, 3.8) is 0 Å². The Kier molecular flexibility index (Phi) is 9.55. The molecule has 0 unspecified atom stereocenters. The molecule has 2 N–H and O–H groups in total. The van der Waals surface area contributed by atoms with Crippen molar-refractivity contribution in [3.8, 4) is 0 Å². The summed E-state index contributed by atoms with van der Waals surface area (Å²) >= 11 is 2.67. The van der Waals surface area contributed by atoms with Crippen molar-refractivity contribution in [2.45, 2.75) is 12.7 Å². The maximum atomic E-state index is 12.4. The maximum absolute atomic E-state index is 12.4. The van der Waals surface area contributed by atoms with Crippen molar-refractivity contribution in [1.82, 2.24) is 15.6 Å². The third-order valence-corrected chi connectivity index (χ3v) is 3.53. The molecule has 1 aromatic rings. The van der Waals surface area contributed by atoms with Gasteiger partial charge in [0.25, 0.3) is 0 Å². The molecule has 0 fully saturated rings. The summed E-state index contributed by atoms with van der Waals surface area (Å²) in [6.07, 6.45) is -2.39. The monoisotopic (exact) mass is 440 g/mol. The van der Waals surface area contributed by atoms with E-state index < -0.39 is 11.9 Å². The lowest BCUT2D eigenvalue weighted by molar-refractivity contribution is -0.140. The molecule has 0 atom stereocenters. The number of thiazole rings is 1. The van der Waals surface area contributed by atoms with Crippen molar-refractivity contribution < 1.29 is 13.2 Å². The highest BCUT2D eigenvalue weighted by atomic mass is 127. The average Bonchev–Trinajstić information content (AvgIpc) is 2.82. The lowest BCUT2D eigenvalue weighted by Crippen LogP contribution is -2.37. The van der Waals surface area contributed by atoms with Crippen LogP contribution in [0.3, 0.4) is 0 Å². The van der Waals surface area contributed by atoms with E-state index in [1.54, 1.807) is 18.8 Å². The van der Waals surface area contributed by atoms with Crippen LogP contribution in [0.2, 0.25) is 0 Å². The Labute approximate surface area is 141 Å². The van der Waals surface area contributed by atoms with Gasteiger partial charge in [-0.15, -0.1) is 35.3 Å². The first-order valence-corrected chi connectivity index (χ1v) is 7.69. The Morgan fingerprint density at radius 3 is 2.65 bits per heavy atom. The van der Waals surface area contributed by atoms with Crippen molar-refractivity contribution in [1.29, 1.82) is 0 Å². The molecule has 0 radical (unpaired) electrons. The van der Waals surface area contributed by atoms with Gasteiger partial charge in [-0.25, -0.2) is 4.98 Å². The number of hydrogen-bond acceptors (Lipinski definition) is 4. The Morgan fingerprint density at radius 2 is 2.15 bits per heavy atom. The summed E-state index contributed by atoms with van der Waals surface area (Å²) in [6, 6.07) is 0. The quantitative estimate of drug-likeness (QED) is 0.320. The molecule has 0 aliphatic heterocycles. The van der Waals surface area contributed by atoms with Crippen LogP contribution in [0.5, 0.6) is 0 Å². The fourth-order valence-electron chi connectivity index (χ4n) is 1.17. The van der Waals surface area contributed by atoms with Gasteiger partial charge in [0.1, 0.15) is 5.01 Å². The molecule has 10 heteroatoms. The summed E-state index contributed by atoms with van der Waals surface area (Å²) in [5.41, 5.74) is -0.848. The number of rotatable bonds is 5. The van der Waals surface area contributed by atoms with E-state index in [1.807, 2.05) is 6.26 Å². The van der Waals surface area contributed by atoms with E-state index in [4.69, 9.17) is 0 Å². The van der Waals surface area contributed by atoms with Gasteiger partial charge in [-0.2, -0.15) is 24.9 Å². The Morgan fingerprint density at radius 1 is 1.45 bits per heavy atom. The van der Waals surface area contributed by atoms with E-state index in [0.29, 0.717) is 11.0 Å². The molecular formula is C10H16F3IN4S2. The largest absolute Gasteiger partial charge is 0.434 e. The summed E-state index contributed by atoms with van der Waals surface area (Å²) in [7, 11) is 1.61. The zero-order valence-electron chi connectivity index (χ0n) is 11.0. The second-order valence-corrected chi connectivity index (χ2v) is 5.40. The second-order valence-electron chi connectivity index (χ2n) is 3.47. The molecule has 0 saturated heterocycles. The summed E-state index contributed by atoms with van der Waals surface area (Å²) in [5.74, 6) is 1.48. The van der Waals surface area contributed by atoms with E-state index in [9.17, 15) is 13.2 Å². The standard InChI is InChI=1S/C10H15F3N4S2.HI/c1-14-9(15-3-4-18-2)16-5-8-17-7(6-19-8)10(11,12)13;/h6H,3-5H2,1-2H3,(H2,14,15,16);1H. The highest BCUT2D eigenvalue weighted by Gasteiger charge is 2.33. The lowest BCUT2D eigenvalue weighted by Gasteiger charge is -2.09. The highest BCUT2D eigenvalue weighted by molar-refractivity contribution is 14.0. The van der Waals surface area contributed by atoms with Gasteiger partial charge in [0.2, 0.25) is 0 Å². The molecule has 0 aliphatic rings. The molecule has 116 valence electrons. The Bertz CT molecular complexity index is 423. The predicted molar refractivity (Wildman–Crippen MR) is 89.1 cm³/mol. The maximum Gasteiger partial charge on any atom is 0.434 e. The summed E-state index contributed by atoms with van der Waals surface area (Å²) in [6.45, 7) is 0.964. The first-order valence-electron chi connectivity index (χ1n) is 5.42. The summed E-state index contributed by atoms with van der Waals surface area (Å²) in [4.78, 5) is 7.50. The molecule has 1 heterocycles. The molecule has 0 saturated carbocycles. The Balaban J connectivity index is 0.00000361. The number of halogens is 4. The lowest BCUT2D eigenvalue weighted by atomic mass is 10.5. The van der Waals surface area contributed by atoms with Crippen LogP contribution in [0.1, 0.15) is 10.7 Å². The van der Waals surface area contributed by atoms with Crippen LogP contribution in [0.4, 0.5) is 13.2 Å². The minimum atomic E-state index is -4.38. The van der Waals surface area contributed by atoms with Crippen molar-refractivity contribution in [3.05, 3.63) is 16.1 Å². The highest BCUT2D eigenvalue weighted by Crippen LogP contribution is 2.29. The van der Waals surface area contributed by atoms with Crippen molar-refractivity contribution in [2.75, 3.05) is 25.6 Å². The summed E-state index contributed by atoms with van der Waals surface area (Å²) < 4.78 is 37.1. The molecule has 20 heavy (non-hydrogen) atoms. The number of aliphatic imine (C=N–C) groups is 1. The fourth-order valence-corrected chi connectivity index (χ4v) is 2.22. The first-order chi connectivity index (χ1) is 8.97. The zero-order valence-corrected chi connectivity index (χ0v) is 14.9. The molecule has 0 spiro atoms. The van der Waals surface area contributed by atoms with E-state index >= 15 is 0 Å². The molecule has 0 bridgehead atoms. The number of aromatic nitrogens is 1. The van der Waals surface area contributed by atoms with E-state index in [2.05, 4.69) is 20.6 Å². The van der Waals surface area contributed by atoms with Crippen molar-refractivity contribution in [2.24, 2.45) is 4.99 Å². The minimum absolute atomic E-state index is 0. The number of thioether (sulfide) groups is 1. The van der Waals surface area contributed by atoms with E-state index in [0.717, 1.165) is 29.0 Å². The van der Waals surface area contributed by atoms with Gasteiger partial charge in [-0.3, -0.25) is 4.99 Å². The SMILES string of the molecule is CN=C(NCCSC)NCc1nc(C(F)(F)F)cs1.I. The number of guanidine groups is 1. The van der Waals surface area contributed by atoms with Crippen LogP contribution in [0.15, 0.2) is 10.4 Å². The van der Waals surface area contributed by atoms with Gasteiger partial charge in [-0.05, 0) is 6.26 Å². The normalized spacial score (nSPS) is 11.9. The van der Waals surface area contributed by atoms with Crippen LogP contribution in [-0.2, 0) is 12.7 Å². The van der Waals surface area contributed by atoms with Crippen LogP contribution in [-0.4, -0.2) is 36.5 Å². The summed E-state index contributed by atoms with van der Waals surface area (Å²) in [5, 5.41) is 7.36. The topological polar surface area (TPSA) is 49.3 Å². The van der Waals surface area contributed by atoms with E-state index in [1.165, 1.54) is 0 Å². The van der Waals surface area contributed by atoms with Gasteiger partial charge in [0.05, 0.1) is 6.54 Å². The molecule has 1 aromatic heterocycles. The molecule has 0 aliphatic carbocycles. The van der Waals surface area contributed by atoms with E-state index in [-0.39, 0.29) is 30.5 Å². The number of nitrogens with one attached hydrogen (secondary N) is 2. The predicted octanol–water partition coefficient (Wildman–Crippen LogP) is 2.81. The molecule has 0 amide bonds. The van der Waals surface area contributed by atoms with Gasteiger partial charge in [-0.1, -0.05) is 0 Å². The smallest absolute Gasteiger partial charge is 0.356 e. The van der Waals surface area contributed by atoms with Crippen LogP contribution in [0.25, 0.3) is 0 Å². The zero-order chi connectivity index (χ0) is 14.3. The minimum Gasteiger partial charge on any atom is -0.356 e. The van der Waals surface area contributed by atoms with Gasteiger partial charge in [0, 0.05) is 24.7 Å². The van der Waals surface area contributed by atoms with Gasteiger partial charge >= 0.3 is 6.18 Å². The molecule has 1 rings (SSSR count). The number of hydrogen-bond donors (Lipinski definition) is 2. The third-order valence-electron chi connectivity index (χ3n) is 2.07. The fraction of sp³-hybridized carbons (Fsp3) is 0.600. The first kappa shape index (κ1) is 19.8. The third kappa shape index (κ3) is 6.97. The number of alkyl halides is 3. The number of nitrogens with zero attached hydrogens (tertiary/aromatic N) is 2. The van der Waals surface area contributed by atoms with Gasteiger partial charge in [0.15, 0.2) is 11.7 Å². The van der Waals surface area contributed by atoms with Gasteiger partial charge < -0.3 is 10.6 Å². The molecular weight excluding hydrogens is 424 g/mol. The Hall–Kier alpha value is -0.230. The van der Waals surface area contributed by atoms with Crippen LogP contribution in [0, 0.1) is 0 Å². The second kappa shape index (κ2) is 9.66. The average molecular weight is 440 g/mol. The van der Waals surface area contributed by atoms with Crippen molar-refractivity contribution >= 4 is 53.0 Å². The van der Waals surface area contributed by atoms with Crippen LogP contribution >= 0.6 is 47.1 Å². The molecule has 0 aromatic carbocycles. The molecule has 4 nitrogen and oxygen atoms in total.